The van der Waals surface area contributed by atoms with Crippen LogP contribution >= 0.6 is 27.5 Å². The average molecular weight is 348 g/mol. The Bertz CT molecular complexity index is 480. The van der Waals surface area contributed by atoms with E-state index >= 15 is 0 Å². The van der Waals surface area contributed by atoms with E-state index in [0.717, 1.165) is 17.3 Å². The Hall–Kier alpha value is -0.780. The number of hydrogen-bond acceptors (Lipinski definition) is 2. The lowest BCUT2D eigenvalue weighted by Gasteiger charge is -2.21. The lowest BCUT2D eigenvalue weighted by Crippen LogP contribution is -2.38. The first kappa shape index (κ1) is 14.6. The van der Waals surface area contributed by atoms with Crippen molar-refractivity contribution in [3.05, 3.63) is 27.7 Å². The largest absolute Gasteiger partial charge is 0.391 e. The zero-order valence-electron chi connectivity index (χ0n) is 10.6. The summed E-state index contributed by atoms with van der Waals surface area (Å²) in [5, 5.41) is 13.2. The summed E-state index contributed by atoms with van der Waals surface area (Å²) in [6, 6.07) is 4.91. The van der Waals surface area contributed by atoms with Crippen molar-refractivity contribution in [2.24, 2.45) is 5.92 Å². The van der Waals surface area contributed by atoms with Crippen LogP contribution in [-0.2, 0) is 0 Å². The van der Waals surface area contributed by atoms with Gasteiger partial charge in [-0.25, -0.2) is 4.79 Å². The Morgan fingerprint density at radius 3 is 2.89 bits per heavy atom. The van der Waals surface area contributed by atoms with Crippen molar-refractivity contribution in [1.29, 1.82) is 0 Å². The molecule has 0 aliphatic heterocycles. The fraction of sp³-hybridized carbons (Fsp3) is 0.462. The van der Waals surface area contributed by atoms with Crippen LogP contribution in [0, 0.1) is 5.92 Å². The topological polar surface area (TPSA) is 52.6 Å². The third-order valence-corrected chi connectivity index (χ3v) is 4.04. The number of aliphatic hydroxyl groups excluding tert-OH is 1. The number of carbonyl (C=O) groups excluding carboxylic acids is 1. The van der Waals surface area contributed by atoms with E-state index in [-0.39, 0.29) is 6.03 Å². The first-order valence-electron chi connectivity index (χ1n) is 6.12. The van der Waals surface area contributed by atoms with Gasteiger partial charge in [0.2, 0.25) is 0 Å². The van der Waals surface area contributed by atoms with Gasteiger partial charge < -0.3 is 15.3 Å². The zero-order valence-corrected chi connectivity index (χ0v) is 12.9. The van der Waals surface area contributed by atoms with Crippen molar-refractivity contribution < 1.29 is 9.90 Å². The van der Waals surface area contributed by atoms with Crippen LogP contribution in [0.15, 0.2) is 22.7 Å². The van der Waals surface area contributed by atoms with Crippen molar-refractivity contribution >= 4 is 39.2 Å². The van der Waals surface area contributed by atoms with Gasteiger partial charge >= 0.3 is 6.03 Å². The number of anilines is 1. The van der Waals surface area contributed by atoms with Gasteiger partial charge in [0.1, 0.15) is 0 Å². The van der Waals surface area contributed by atoms with Crippen LogP contribution in [-0.4, -0.2) is 35.7 Å². The maximum Gasteiger partial charge on any atom is 0.321 e. The number of aliphatic hydroxyl groups is 1. The molecule has 104 valence electrons. The Morgan fingerprint density at radius 1 is 1.63 bits per heavy atom. The molecular formula is C13H16BrClN2O2. The molecule has 4 nitrogen and oxygen atoms in total. The van der Waals surface area contributed by atoms with Crippen LogP contribution in [0.1, 0.15) is 12.8 Å². The highest BCUT2D eigenvalue weighted by Gasteiger charge is 2.31. The maximum atomic E-state index is 12.0. The fourth-order valence-corrected chi connectivity index (χ4v) is 2.58. The fourth-order valence-electron chi connectivity index (χ4n) is 1.80. The molecule has 1 aromatic carbocycles. The number of likely N-dealkylation sites (N-methyl/N-ethyl adjacent to an activating group) is 1. The SMILES string of the molecule is CN(CC(O)C1CC1)C(=O)Nc1ccc(Cl)cc1Br. The normalized spacial score (nSPS) is 16.0. The number of nitrogens with one attached hydrogen (secondary N) is 1. The van der Waals surface area contributed by atoms with Crippen molar-refractivity contribution in [1.82, 2.24) is 4.90 Å². The molecule has 0 aromatic heterocycles. The molecule has 1 aromatic rings. The minimum Gasteiger partial charge on any atom is -0.391 e. The molecule has 0 spiro atoms. The Kier molecular flexibility index (Phi) is 4.71. The number of benzene rings is 1. The summed E-state index contributed by atoms with van der Waals surface area (Å²) in [6.07, 6.45) is 1.68. The van der Waals surface area contributed by atoms with Crippen LogP contribution in [0.3, 0.4) is 0 Å². The third kappa shape index (κ3) is 4.09. The van der Waals surface area contributed by atoms with Gasteiger partial charge in [0.05, 0.1) is 11.8 Å². The zero-order chi connectivity index (χ0) is 14.0. The monoisotopic (exact) mass is 346 g/mol. The lowest BCUT2D eigenvalue weighted by molar-refractivity contribution is 0.117. The highest BCUT2D eigenvalue weighted by molar-refractivity contribution is 9.10. The molecule has 0 saturated heterocycles. The molecule has 19 heavy (non-hydrogen) atoms. The molecule has 2 rings (SSSR count). The van der Waals surface area contributed by atoms with Crippen LogP contribution in [0.5, 0.6) is 0 Å². The Balaban J connectivity index is 1.91. The van der Waals surface area contributed by atoms with Crippen molar-refractivity contribution in [2.45, 2.75) is 18.9 Å². The van der Waals surface area contributed by atoms with Crippen LogP contribution in [0.4, 0.5) is 10.5 Å². The van der Waals surface area contributed by atoms with Crippen LogP contribution < -0.4 is 5.32 Å². The highest BCUT2D eigenvalue weighted by Crippen LogP contribution is 2.32. The lowest BCUT2D eigenvalue weighted by atomic mass is 10.2. The summed E-state index contributed by atoms with van der Waals surface area (Å²) in [4.78, 5) is 13.5. The van der Waals surface area contributed by atoms with E-state index in [2.05, 4.69) is 21.2 Å². The second-order valence-electron chi connectivity index (χ2n) is 4.84. The molecule has 2 N–H and O–H groups in total. The maximum absolute atomic E-state index is 12.0. The number of urea groups is 1. The molecular weight excluding hydrogens is 332 g/mol. The van der Waals surface area contributed by atoms with Crippen molar-refractivity contribution in [3.8, 4) is 0 Å². The summed E-state index contributed by atoms with van der Waals surface area (Å²) >= 11 is 9.18. The predicted molar refractivity (Wildman–Crippen MR) is 79.5 cm³/mol. The predicted octanol–water partition coefficient (Wildman–Crippen LogP) is 3.34. The number of amides is 2. The van der Waals surface area contributed by atoms with Gasteiger partial charge in [0, 0.05) is 23.1 Å². The van der Waals surface area contributed by atoms with E-state index in [9.17, 15) is 9.90 Å². The molecule has 1 atom stereocenters. The number of rotatable bonds is 4. The van der Waals surface area contributed by atoms with E-state index in [1.807, 2.05) is 0 Å². The summed E-state index contributed by atoms with van der Waals surface area (Å²) in [5.41, 5.74) is 0.655. The molecule has 0 bridgehead atoms. The average Bonchev–Trinajstić information content (AvgIpc) is 3.16. The van der Waals surface area contributed by atoms with E-state index in [4.69, 9.17) is 11.6 Å². The molecule has 1 aliphatic carbocycles. The molecule has 2 amide bonds. The van der Waals surface area contributed by atoms with E-state index in [1.54, 1.807) is 25.2 Å². The minimum absolute atomic E-state index is 0.247. The number of halogens is 2. The van der Waals surface area contributed by atoms with E-state index < -0.39 is 6.10 Å². The van der Waals surface area contributed by atoms with Crippen LogP contribution in [0.2, 0.25) is 5.02 Å². The van der Waals surface area contributed by atoms with Crippen molar-refractivity contribution in [3.63, 3.8) is 0 Å². The second-order valence-corrected chi connectivity index (χ2v) is 6.13. The Morgan fingerprint density at radius 2 is 2.32 bits per heavy atom. The number of nitrogens with zero attached hydrogens (tertiary/aromatic N) is 1. The number of hydrogen-bond donors (Lipinski definition) is 2. The highest BCUT2D eigenvalue weighted by atomic mass is 79.9. The van der Waals surface area contributed by atoms with Gasteiger partial charge in [0.15, 0.2) is 0 Å². The smallest absolute Gasteiger partial charge is 0.321 e. The summed E-state index contributed by atoms with van der Waals surface area (Å²) < 4.78 is 0.726. The molecule has 1 saturated carbocycles. The van der Waals surface area contributed by atoms with Gasteiger partial charge in [-0.15, -0.1) is 0 Å². The standard InChI is InChI=1S/C13H16BrClN2O2/c1-17(7-12(18)8-2-3-8)13(19)16-11-5-4-9(15)6-10(11)14/h4-6,8,12,18H,2-3,7H2,1H3,(H,16,19). The molecule has 0 heterocycles. The van der Waals surface area contributed by atoms with Gasteiger partial charge in [-0.2, -0.15) is 0 Å². The molecule has 0 radical (unpaired) electrons. The van der Waals surface area contributed by atoms with Crippen LogP contribution in [0.25, 0.3) is 0 Å². The molecule has 1 aliphatic rings. The van der Waals surface area contributed by atoms with Gasteiger partial charge in [-0.1, -0.05) is 11.6 Å². The van der Waals surface area contributed by atoms with E-state index in [1.165, 1.54) is 4.90 Å². The summed E-state index contributed by atoms with van der Waals surface area (Å²) in [6.45, 7) is 0.349. The first-order chi connectivity index (χ1) is 8.97. The molecule has 6 heteroatoms. The summed E-state index contributed by atoms with van der Waals surface area (Å²) in [5.74, 6) is 0.359. The van der Waals surface area contributed by atoms with E-state index in [0.29, 0.717) is 23.2 Å². The van der Waals surface area contributed by atoms with Crippen molar-refractivity contribution in [2.75, 3.05) is 18.9 Å². The third-order valence-electron chi connectivity index (χ3n) is 3.15. The first-order valence-corrected chi connectivity index (χ1v) is 7.29. The summed E-state index contributed by atoms with van der Waals surface area (Å²) in [7, 11) is 1.67. The van der Waals surface area contributed by atoms with Gasteiger partial charge in [-0.05, 0) is 52.9 Å². The quantitative estimate of drug-likeness (QED) is 0.877. The second kappa shape index (κ2) is 6.11. The molecule has 1 unspecified atom stereocenters. The molecule has 1 fully saturated rings. The van der Waals surface area contributed by atoms with Gasteiger partial charge in [-0.3, -0.25) is 0 Å². The van der Waals surface area contributed by atoms with Gasteiger partial charge in [0.25, 0.3) is 0 Å². The minimum atomic E-state index is -0.426. The Labute approximate surface area is 125 Å². The number of carbonyl (C=O) groups is 1.